The van der Waals surface area contributed by atoms with Crippen LogP contribution >= 0.6 is 11.8 Å². The molecule has 0 aromatic rings. The molecule has 0 aromatic carbocycles. The van der Waals surface area contributed by atoms with Crippen LogP contribution in [-0.4, -0.2) is 129 Å². The van der Waals surface area contributed by atoms with E-state index in [0.717, 1.165) is 4.90 Å². The van der Waals surface area contributed by atoms with E-state index in [1.54, 1.807) is 0 Å². The summed E-state index contributed by atoms with van der Waals surface area (Å²) in [7, 11) is 0. The minimum Gasteiger partial charge on any atom is -0.379 e. The third-order valence-corrected chi connectivity index (χ3v) is 8.32. The molecule has 1 aliphatic carbocycles. The van der Waals surface area contributed by atoms with Crippen molar-refractivity contribution in [1.82, 2.24) is 15.5 Å². The highest BCUT2D eigenvalue weighted by molar-refractivity contribution is 8.00. The highest BCUT2D eigenvalue weighted by Gasteiger charge is 2.41. The van der Waals surface area contributed by atoms with E-state index in [-0.39, 0.29) is 73.7 Å². The number of carbonyl (C=O) groups is 7. The van der Waals surface area contributed by atoms with Crippen molar-refractivity contribution in [2.45, 2.75) is 49.8 Å². The number of nitrogens with one attached hydrogen (secondary N) is 2. The lowest BCUT2D eigenvalue weighted by atomic mass is 9.99. The molecule has 1 heterocycles. The summed E-state index contributed by atoms with van der Waals surface area (Å²) >= 11 is 1.19. The van der Waals surface area contributed by atoms with Crippen molar-refractivity contribution in [3.8, 4) is 0 Å². The summed E-state index contributed by atoms with van der Waals surface area (Å²) in [5.74, 6) is -2.56. The van der Waals surface area contributed by atoms with Gasteiger partial charge in [0.2, 0.25) is 11.8 Å². The number of carbonyl (C=O) groups excluding carboxylic acids is 7. The molecular weight excluding hydrogens is 610 g/mol. The van der Waals surface area contributed by atoms with Crippen LogP contribution in [0.25, 0.3) is 0 Å². The number of rotatable bonds is 25. The molecule has 2 unspecified atom stereocenters. The van der Waals surface area contributed by atoms with Gasteiger partial charge in [-0.2, -0.15) is 0 Å². The van der Waals surface area contributed by atoms with E-state index in [2.05, 4.69) is 10.6 Å². The van der Waals surface area contributed by atoms with Gasteiger partial charge in [-0.25, -0.2) is 0 Å². The first-order valence-electron chi connectivity index (χ1n) is 15.1. The highest BCUT2D eigenvalue weighted by Crippen LogP contribution is 2.31. The van der Waals surface area contributed by atoms with Crippen LogP contribution in [0, 0.1) is 5.92 Å². The minimum absolute atomic E-state index is 0.0531. The molecule has 6 N–H and O–H groups in total. The first kappa shape index (κ1) is 38.2. The maximum atomic E-state index is 12.6. The summed E-state index contributed by atoms with van der Waals surface area (Å²) in [6.45, 7) is 3.16. The standard InChI is InChI=1S/C29H45N5O10S/c30-18-23(36)21(31)19-45-24-17-22(35)20(29(24)41)3-4-25(37)32-8-1-11-42-13-15-44-16-14-43-12-2-9-33-26(38)7-10-34-27(39)5-6-28(34)40/h5-6,20-21,24H,1-4,7-19,30-31H2,(H,32,37)(H,33,38)/t20?,21-,24?/m0/s1. The number of amides is 4. The third kappa shape index (κ3) is 14.7. The number of ether oxygens (including phenoxy) is 3. The van der Waals surface area contributed by atoms with Crippen LogP contribution in [0.3, 0.4) is 0 Å². The van der Waals surface area contributed by atoms with Crippen molar-refractivity contribution < 1.29 is 47.8 Å². The van der Waals surface area contributed by atoms with Gasteiger partial charge in [-0.3, -0.25) is 38.5 Å². The van der Waals surface area contributed by atoms with Gasteiger partial charge in [0.1, 0.15) is 5.78 Å². The Hall–Kier alpha value is -3.02. The Morgan fingerprint density at radius 3 is 1.96 bits per heavy atom. The van der Waals surface area contributed by atoms with Gasteiger partial charge >= 0.3 is 0 Å². The summed E-state index contributed by atoms with van der Waals surface area (Å²) in [5.41, 5.74) is 11.0. The van der Waals surface area contributed by atoms with Crippen molar-refractivity contribution in [2.75, 3.05) is 71.6 Å². The number of Topliss-reactive ketones (excluding diaryl/α,β-unsaturated/α-hetero) is 3. The zero-order chi connectivity index (χ0) is 33.0. The Kier molecular flexibility index (Phi) is 18.4. The highest BCUT2D eigenvalue weighted by atomic mass is 32.2. The Morgan fingerprint density at radius 2 is 1.40 bits per heavy atom. The molecule has 0 radical (unpaired) electrons. The molecule has 16 heteroatoms. The van der Waals surface area contributed by atoms with E-state index in [4.69, 9.17) is 25.7 Å². The van der Waals surface area contributed by atoms with Crippen molar-refractivity contribution in [3.05, 3.63) is 12.2 Å². The van der Waals surface area contributed by atoms with Gasteiger partial charge < -0.3 is 36.3 Å². The summed E-state index contributed by atoms with van der Waals surface area (Å²) in [6, 6.07) is -0.767. The predicted octanol–water partition coefficient (Wildman–Crippen LogP) is -1.74. The molecular formula is C29H45N5O10S. The molecule has 0 aromatic heterocycles. The fourth-order valence-corrected chi connectivity index (χ4v) is 5.62. The van der Waals surface area contributed by atoms with E-state index in [9.17, 15) is 33.6 Å². The lowest BCUT2D eigenvalue weighted by Crippen LogP contribution is -2.38. The molecule has 15 nitrogen and oxygen atoms in total. The molecule has 2 rings (SSSR count). The monoisotopic (exact) mass is 655 g/mol. The Morgan fingerprint density at radius 1 is 0.867 bits per heavy atom. The zero-order valence-corrected chi connectivity index (χ0v) is 26.3. The number of nitrogens with zero attached hydrogens (tertiary/aromatic N) is 1. The van der Waals surface area contributed by atoms with Crippen LogP contribution < -0.4 is 22.1 Å². The number of nitrogens with two attached hydrogens (primary N) is 2. The Labute approximate surface area is 266 Å². The summed E-state index contributed by atoms with van der Waals surface area (Å²) in [4.78, 5) is 84.2. The van der Waals surface area contributed by atoms with Crippen molar-refractivity contribution in [3.63, 3.8) is 0 Å². The number of hydrogen-bond donors (Lipinski definition) is 4. The van der Waals surface area contributed by atoms with Crippen LogP contribution in [-0.2, 0) is 47.8 Å². The number of hydrogen-bond acceptors (Lipinski definition) is 13. The number of imide groups is 1. The van der Waals surface area contributed by atoms with Gasteiger partial charge in [-0.15, -0.1) is 11.8 Å². The molecule has 0 spiro atoms. The molecule has 1 saturated carbocycles. The molecule has 1 aliphatic heterocycles. The van der Waals surface area contributed by atoms with Crippen molar-refractivity contribution in [1.29, 1.82) is 0 Å². The topological polar surface area (TPSA) is 227 Å². The normalized spacial score (nSPS) is 18.6. The van der Waals surface area contributed by atoms with Gasteiger partial charge in [0.05, 0.1) is 50.2 Å². The molecule has 3 atom stereocenters. The SMILES string of the molecule is NCC(=O)[C@@H](N)CSC1CC(=O)C(CCC(=O)NCCCOCCOCCOCCCNC(=O)CCN2C(=O)C=CC2=O)C1=O. The second-order valence-electron chi connectivity index (χ2n) is 10.4. The molecule has 45 heavy (non-hydrogen) atoms. The second-order valence-corrected chi connectivity index (χ2v) is 11.7. The molecule has 0 saturated heterocycles. The van der Waals surface area contributed by atoms with Crippen LogP contribution in [0.15, 0.2) is 12.2 Å². The van der Waals surface area contributed by atoms with Crippen LogP contribution in [0.4, 0.5) is 0 Å². The van der Waals surface area contributed by atoms with Gasteiger partial charge in [0, 0.05) is 70.0 Å². The predicted molar refractivity (Wildman–Crippen MR) is 164 cm³/mol. The van der Waals surface area contributed by atoms with E-state index in [0.29, 0.717) is 65.6 Å². The van der Waals surface area contributed by atoms with Gasteiger partial charge in [0.25, 0.3) is 11.8 Å². The van der Waals surface area contributed by atoms with Crippen LogP contribution in [0.2, 0.25) is 0 Å². The maximum Gasteiger partial charge on any atom is 0.253 e. The van der Waals surface area contributed by atoms with Gasteiger partial charge in [-0.1, -0.05) is 0 Å². The lowest BCUT2D eigenvalue weighted by molar-refractivity contribution is -0.137. The first-order chi connectivity index (χ1) is 21.6. The average molecular weight is 656 g/mol. The van der Waals surface area contributed by atoms with E-state index < -0.39 is 29.0 Å². The van der Waals surface area contributed by atoms with Crippen LogP contribution in [0.5, 0.6) is 0 Å². The molecule has 1 fully saturated rings. The fraction of sp³-hybridized carbons (Fsp3) is 0.690. The van der Waals surface area contributed by atoms with Gasteiger partial charge in [0.15, 0.2) is 11.6 Å². The Bertz CT molecular complexity index is 1050. The zero-order valence-electron chi connectivity index (χ0n) is 25.5. The molecule has 252 valence electrons. The molecule has 0 bridgehead atoms. The summed E-state index contributed by atoms with van der Waals surface area (Å²) in [6.07, 6.45) is 3.95. The number of thioether (sulfide) groups is 1. The maximum absolute atomic E-state index is 12.6. The summed E-state index contributed by atoms with van der Waals surface area (Å²) < 4.78 is 16.4. The van der Waals surface area contributed by atoms with E-state index in [1.165, 1.54) is 23.9 Å². The largest absolute Gasteiger partial charge is 0.379 e. The second kappa shape index (κ2) is 21.7. The first-order valence-corrected chi connectivity index (χ1v) is 16.2. The van der Waals surface area contributed by atoms with Gasteiger partial charge in [-0.05, 0) is 19.3 Å². The smallest absolute Gasteiger partial charge is 0.253 e. The molecule has 4 amide bonds. The number of ketones is 3. The van der Waals surface area contributed by atoms with E-state index >= 15 is 0 Å². The quantitative estimate of drug-likeness (QED) is 0.0487. The average Bonchev–Trinajstić information content (AvgIpc) is 3.49. The van der Waals surface area contributed by atoms with Crippen molar-refractivity contribution >= 4 is 52.7 Å². The molecule has 2 aliphatic rings. The third-order valence-electron chi connectivity index (χ3n) is 6.97. The fourth-order valence-electron chi connectivity index (χ4n) is 4.38. The van der Waals surface area contributed by atoms with Crippen LogP contribution in [0.1, 0.15) is 38.5 Å². The Balaban J connectivity index is 1.35. The lowest BCUT2D eigenvalue weighted by Gasteiger charge is -2.13. The summed E-state index contributed by atoms with van der Waals surface area (Å²) in [5, 5.41) is 4.94. The van der Waals surface area contributed by atoms with E-state index in [1.807, 2.05) is 0 Å². The van der Waals surface area contributed by atoms with Crippen molar-refractivity contribution in [2.24, 2.45) is 17.4 Å². The minimum atomic E-state index is -0.798.